The Balaban J connectivity index is 1.70. The Morgan fingerprint density at radius 1 is 1.09 bits per heavy atom. The van der Waals surface area contributed by atoms with E-state index in [1.54, 1.807) is 0 Å². The van der Waals surface area contributed by atoms with Gasteiger partial charge in [0.15, 0.2) is 5.78 Å². The fraction of sp³-hybridized carbons (Fsp3) is 0.850. The van der Waals surface area contributed by atoms with Gasteiger partial charge in [-0.15, -0.1) is 0 Å². The van der Waals surface area contributed by atoms with E-state index in [0.29, 0.717) is 17.6 Å². The number of hydrogen-bond donors (Lipinski definition) is 1. The average molecular weight is 302 g/mol. The minimum Gasteiger partial charge on any atom is -0.393 e. The predicted octanol–water partition coefficient (Wildman–Crippen LogP) is 4.13. The van der Waals surface area contributed by atoms with Gasteiger partial charge in [0.2, 0.25) is 0 Å². The molecule has 0 aromatic heterocycles. The molecule has 0 aromatic rings. The van der Waals surface area contributed by atoms with Crippen molar-refractivity contribution in [2.24, 2.45) is 34.5 Å². The third-order valence-corrected chi connectivity index (χ3v) is 8.31. The summed E-state index contributed by atoms with van der Waals surface area (Å²) in [6.07, 6.45) is 10.1. The molecule has 0 spiro atoms. The van der Waals surface area contributed by atoms with Gasteiger partial charge in [-0.25, -0.2) is 0 Å². The van der Waals surface area contributed by atoms with E-state index in [1.807, 2.05) is 6.92 Å². The Kier molecular flexibility index (Phi) is 3.18. The second kappa shape index (κ2) is 4.69. The third kappa shape index (κ3) is 1.79. The van der Waals surface area contributed by atoms with E-state index in [-0.39, 0.29) is 16.9 Å². The maximum Gasteiger partial charge on any atom is 0.158 e. The number of aliphatic hydroxyl groups excluding tert-OH is 1. The lowest BCUT2D eigenvalue weighted by Crippen LogP contribution is -2.53. The first kappa shape index (κ1) is 14.9. The molecule has 0 aliphatic heterocycles. The highest BCUT2D eigenvalue weighted by Gasteiger charge is 2.59. The molecular formula is C20H30O2. The van der Waals surface area contributed by atoms with Crippen LogP contribution < -0.4 is 0 Å². The van der Waals surface area contributed by atoms with Crippen LogP contribution in [-0.2, 0) is 4.79 Å². The molecule has 0 unspecified atom stereocenters. The first-order valence-electron chi connectivity index (χ1n) is 9.27. The number of Topliss-reactive ketones (excluding diaryl/α,β-unsaturated/α-hetero) is 1. The van der Waals surface area contributed by atoms with Gasteiger partial charge in [0.25, 0.3) is 0 Å². The van der Waals surface area contributed by atoms with Gasteiger partial charge in [0.05, 0.1) is 6.10 Å². The van der Waals surface area contributed by atoms with Crippen LogP contribution in [0.4, 0.5) is 0 Å². The van der Waals surface area contributed by atoms with Crippen molar-refractivity contribution in [1.82, 2.24) is 0 Å². The summed E-state index contributed by atoms with van der Waals surface area (Å²) < 4.78 is 0. The number of fused-ring (bicyclic) bond motifs is 5. The van der Waals surface area contributed by atoms with E-state index >= 15 is 0 Å². The summed E-state index contributed by atoms with van der Waals surface area (Å²) in [6.45, 7) is 6.78. The van der Waals surface area contributed by atoms with Gasteiger partial charge >= 0.3 is 0 Å². The minimum absolute atomic E-state index is 0.0887. The predicted molar refractivity (Wildman–Crippen MR) is 87.3 cm³/mol. The molecule has 0 amide bonds. The minimum atomic E-state index is -0.0887. The van der Waals surface area contributed by atoms with Crippen LogP contribution in [0.3, 0.4) is 0 Å². The van der Waals surface area contributed by atoms with Gasteiger partial charge in [0.1, 0.15) is 0 Å². The second-order valence-corrected chi connectivity index (χ2v) is 9.11. The van der Waals surface area contributed by atoms with E-state index in [4.69, 9.17) is 0 Å². The number of ketones is 1. The molecule has 0 radical (unpaired) electrons. The van der Waals surface area contributed by atoms with Crippen molar-refractivity contribution >= 4 is 5.78 Å². The highest BCUT2D eigenvalue weighted by Crippen LogP contribution is 2.65. The Bertz CT molecular complexity index is 536. The van der Waals surface area contributed by atoms with Crippen LogP contribution in [0.1, 0.15) is 65.7 Å². The molecule has 0 aromatic carbocycles. The molecule has 22 heavy (non-hydrogen) atoms. The summed E-state index contributed by atoms with van der Waals surface area (Å²) in [4.78, 5) is 12.1. The van der Waals surface area contributed by atoms with Crippen molar-refractivity contribution in [3.05, 3.63) is 11.6 Å². The lowest BCUT2D eigenvalue weighted by Gasteiger charge is -2.58. The van der Waals surface area contributed by atoms with E-state index in [9.17, 15) is 9.90 Å². The van der Waals surface area contributed by atoms with E-state index < -0.39 is 0 Å². The summed E-state index contributed by atoms with van der Waals surface area (Å²) >= 11 is 0. The zero-order valence-corrected chi connectivity index (χ0v) is 14.3. The van der Waals surface area contributed by atoms with Gasteiger partial charge in [-0.05, 0) is 85.5 Å². The number of rotatable bonds is 0. The third-order valence-electron chi connectivity index (χ3n) is 8.31. The lowest BCUT2D eigenvalue weighted by atomic mass is 9.46. The SMILES string of the molecule is CC1=C[C@@]2(C)[C@H](CC[C@@H]3[C@@H]2CC[C@]2(C)[C@H](O)CC[C@@H]32)CC1=O. The number of hydrogen-bond acceptors (Lipinski definition) is 2. The Hall–Kier alpha value is -0.630. The molecule has 0 bridgehead atoms. The summed E-state index contributed by atoms with van der Waals surface area (Å²) in [5, 5.41) is 10.5. The molecule has 0 heterocycles. The summed E-state index contributed by atoms with van der Waals surface area (Å²) in [7, 11) is 0. The van der Waals surface area contributed by atoms with Gasteiger partial charge in [-0.2, -0.15) is 0 Å². The van der Waals surface area contributed by atoms with Crippen LogP contribution in [0.15, 0.2) is 11.6 Å². The summed E-state index contributed by atoms with van der Waals surface area (Å²) in [5.41, 5.74) is 1.38. The Morgan fingerprint density at radius 3 is 2.64 bits per heavy atom. The molecule has 2 nitrogen and oxygen atoms in total. The Labute approximate surface area is 134 Å². The van der Waals surface area contributed by atoms with Crippen molar-refractivity contribution in [3.8, 4) is 0 Å². The maximum atomic E-state index is 12.1. The Morgan fingerprint density at radius 2 is 1.86 bits per heavy atom. The topological polar surface area (TPSA) is 37.3 Å². The van der Waals surface area contributed by atoms with Crippen LogP contribution in [0, 0.1) is 34.5 Å². The van der Waals surface area contributed by atoms with Crippen LogP contribution in [-0.4, -0.2) is 17.0 Å². The normalized spacial score (nSPS) is 54.3. The van der Waals surface area contributed by atoms with Gasteiger partial charge in [-0.1, -0.05) is 19.9 Å². The summed E-state index contributed by atoms with van der Waals surface area (Å²) in [6, 6.07) is 0. The maximum absolute atomic E-state index is 12.1. The van der Waals surface area contributed by atoms with Crippen molar-refractivity contribution in [3.63, 3.8) is 0 Å². The number of allylic oxidation sites excluding steroid dienone is 2. The molecule has 3 saturated carbocycles. The highest BCUT2D eigenvalue weighted by molar-refractivity contribution is 5.96. The van der Waals surface area contributed by atoms with Crippen molar-refractivity contribution in [1.29, 1.82) is 0 Å². The molecule has 0 saturated heterocycles. The molecular weight excluding hydrogens is 272 g/mol. The zero-order valence-electron chi connectivity index (χ0n) is 14.3. The van der Waals surface area contributed by atoms with Gasteiger partial charge in [-0.3, -0.25) is 4.79 Å². The van der Waals surface area contributed by atoms with Crippen LogP contribution >= 0.6 is 0 Å². The van der Waals surface area contributed by atoms with Gasteiger partial charge < -0.3 is 5.11 Å². The molecule has 4 aliphatic carbocycles. The molecule has 2 heteroatoms. The number of carbonyl (C=O) groups is 1. The lowest BCUT2D eigenvalue weighted by molar-refractivity contribution is -0.125. The van der Waals surface area contributed by atoms with E-state index in [0.717, 1.165) is 30.3 Å². The monoisotopic (exact) mass is 302 g/mol. The van der Waals surface area contributed by atoms with Crippen molar-refractivity contribution in [2.45, 2.75) is 71.8 Å². The smallest absolute Gasteiger partial charge is 0.158 e. The van der Waals surface area contributed by atoms with Crippen LogP contribution in [0.5, 0.6) is 0 Å². The first-order valence-corrected chi connectivity index (χ1v) is 9.27. The standard InChI is InChI=1S/C20H30O2/c1-12-11-20(3)13(10-17(12)21)4-5-14-15-6-7-18(22)19(15,2)9-8-16(14)20/h11,13-16,18,22H,4-10H2,1-3H3/t13-,14+,15+,16+,18-,19+,20+/m1/s1. The van der Waals surface area contributed by atoms with E-state index in [2.05, 4.69) is 19.9 Å². The molecule has 1 N–H and O–H groups in total. The molecule has 4 rings (SSSR count). The zero-order chi connectivity index (χ0) is 15.7. The van der Waals surface area contributed by atoms with Gasteiger partial charge in [0, 0.05) is 6.42 Å². The van der Waals surface area contributed by atoms with E-state index in [1.165, 1.54) is 32.1 Å². The highest BCUT2D eigenvalue weighted by atomic mass is 16.3. The molecule has 3 fully saturated rings. The largest absolute Gasteiger partial charge is 0.393 e. The first-order chi connectivity index (χ1) is 10.4. The summed E-state index contributed by atoms with van der Waals surface area (Å²) in [5.74, 6) is 3.11. The quantitative estimate of drug-likeness (QED) is 0.730. The molecule has 7 atom stereocenters. The second-order valence-electron chi connectivity index (χ2n) is 9.11. The molecule has 4 aliphatic rings. The number of aliphatic hydroxyl groups is 1. The average Bonchev–Trinajstić information content (AvgIpc) is 2.77. The molecule has 122 valence electrons. The van der Waals surface area contributed by atoms with Crippen LogP contribution in [0.25, 0.3) is 0 Å². The van der Waals surface area contributed by atoms with Crippen molar-refractivity contribution < 1.29 is 9.90 Å². The van der Waals surface area contributed by atoms with Crippen molar-refractivity contribution in [2.75, 3.05) is 0 Å². The fourth-order valence-corrected chi connectivity index (χ4v) is 6.92. The fourth-order valence-electron chi connectivity index (χ4n) is 6.92. The van der Waals surface area contributed by atoms with Crippen LogP contribution in [0.2, 0.25) is 0 Å². The number of carbonyl (C=O) groups excluding carboxylic acids is 1.